The van der Waals surface area contributed by atoms with Crippen molar-refractivity contribution in [2.45, 2.75) is 63.9 Å². The predicted octanol–water partition coefficient (Wildman–Crippen LogP) is 5.89. The maximum atomic E-state index is 13.8. The molecule has 3 heterocycles. The van der Waals surface area contributed by atoms with Crippen LogP contribution in [0.25, 0.3) is 21.7 Å². The van der Waals surface area contributed by atoms with Gasteiger partial charge < -0.3 is 0 Å². The first kappa shape index (κ1) is 20.8. The van der Waals surface area contributed by atoms with E-state index >= 15 is 0 Å². The van der Waals surface area contributed by atoms with Gasteiger partial charge in [0.25, 0.3) is 5.56 Å². The van der Waals surface area contributed by atoms with Gasteiger partial charge in [-0.3, -0.25) is 4.79 Å². The normalized spacial score (nSPS) is 16.3. The molecule has 0 radical (unpaired) electrons. The van der Waals surface area contributed by atoms with E-state index < -0.39 is 0 Å². The Morgan fingerprint density at radius 3 is 2.81 bits per heavy atom. The zero-order valence-corrected chi connectivity index (χ0v) is 19.8. The van der Waals surface area contributed by atoms with Crippen molar-refractivity contribution in [2.24, 2.45) is 5.92 Å². The molecule has 0 saturated heterocycles. The first-order valence-corrected chi connectivity index (χ1v) is 13.1. The van der Waals surface area contributed by atoms with Crippen LogP contribution in [-0.4, -0.2) is 24.9 Å². The van der Waals surface area contributed by atoms with E-state index in [1.807, 2.05) is 30.3 Å². The lowest BCUT2D eigenvalue weighted by atomic mass is 9.89. The second-order valence-corrected chi connectivity index (χ2v) is 10.7. The fourth-order valence-corrected chi connectivity index (χ4v) is 6.99. The summed E-state index contributed by atoms with van der Waals surface area (Å²) >= 11 is 3.53. The molecule has 7 heteroatoms. The lowest BCUT2D eigenvalue weighted by Gasteiger charge is -2.17. The molecule has 4 aromatic rings. The van der Waals surface area contributed by atoms with Crippen LogP contribution in [0.2, 0.25) is 0 Å². The molecule has 0 aliphatic heterocycles. The minimum Gasteiger partial charge on any atom is -0.268 e. The van der Waals surface area contributed by atoms with Gasteiger partial charge in [-0.2, -0.15) is 0 Å². The summed E-state index contributed by atoms with van der Waals surface area (Å²) < 4.78 is 3.89. The molecule has 0 fully saturated rings. The van der Waals surface area contributed by atoms with Crippen LogP contribution in [0.1, 0.15) is 56.4 Å². The Bertz CT molecular complexity index is 1270. The van der Waals surface area contributed by atoms with Crippen molar-refractivity contribution in [1.82, 2.24) is 19.2 Å². The van der Waals surface area contributed by atoms with E-state index in [0.29, 0.717) is 11.7 Å². The standard InChI is InChI=1S/C24H28N4OS2/c1-3-4-5-9-14-30-24-26-25-23-27(17-10-7-6-8-11-17)21(29)20-18-13-12-16(2)15-19(18)31-22(20)28(23)24/h6-8,10-11,16H,3-5,9,12-15H2,1-2H3/t16-/m1/s1. The Hall–Kier alpha value is -2.12. The molecule has 1 aromatic carbocycles. The van der Waals surface area contributed by atoms with Crippen molar-refractivity contribution in [3.63, 3.8) is 0 Å². The number of thioether (sulfide) groups is 1. The van der Waals surface area contributed by atoms with Gasteiger partial charge in [0, 0.05) is 10.6 Å². The second kappa shape index (κ2) is 8.79. The zero-order valence-electron chi connectivity index (χ0n) is 18.1. The highest BCUT2D eigenvalue weighted by molar-refractivity contribution is 7.99. The summed E-state index contributed by atoms with van der Waals surface area (Å²) in [5.74, 6) is 2.31. The van der Waals surface area contributed by atoms with Crippen molar-refractivity contribution in [3.05, 3.63) is 51.1 Å². The molecule has 0 N–H and O–H groups in total. The number of fused-ring (bicyclic) bond motifs is 5. The van der Waals surface area contributed by atoms with E-state index in [2.05, 4.69) is 28.4 Å². The summed E-state index contributed by atoms with van der Waals surface area (Å²) in [6, 6.07) is 9.85. The monoisotopic (exact) mass is 452 g/mol. The molecule has 0 bridgehead atoms. The molecule has 1 atom stereocenters. The summed E-state index contributed by atoms with van der Waals surface area (Å²) in [5, 5.41) is 10.8. The predicted molar refractivity (Wildman–Crippen MR) is 130 cm³/mol. The molecule has 5 nitrogen and oxygen atoms in total. The minimum atomic E-state index is 0.0349. The third kappa shape index (κ3) is 3.72. The largest absolute Gasteiger partial charge is 0.268 e. The van der Waals surface area contributed by atoms with Gasteiger partial charge in [-0.05, 0) is 49.3 Å². The summed E-state index contributed by atoms with van der Waals surface area (Å²) in [7, 11) is 0. The van der Waals surface area contributed by atoms with E-state index in [9.17, 15) is 4.79 Å². The van der Waals surface area contributed by atoms with Gasteiger partial charge in [0.1, 0.15) is 4.83 Å². The summed E-state index contributed by atoms with van der Waals surface area (Å²) in [6.45, 7) is 4.54. The third-order valence-electron chi connectivity index (χ3n) is 6.17. The van der Waals surface area contributed by atoms with Gasteiger partial charge >= 0.3 is 0 Å². The van der Waals surface area contributed by atoms with E-state index in [-0.39, 0.29) is 5.56 Å². The molecule has 31 heavy (non-hydrogen) atoms. The quantitative estimate of drug-likeness (QED) is 0.259. The molecule has 0 amide bonds. The Balaban J connectivity index is 1.71. The highest BCUT2D eigenvalue weighted by Crippen LogP contribution is 2.38. The average molecular weight is 453 g/mol. The number of hydrogen-bond donors (Lipinski definition) is 0. The van der Waals surface area contributed by atoms with Crippen molar-refractivity contribution < 1.29 is 0 Å². The van der Waals surface area contributed by atoms with Gasteiger partial charge in [-0.25, -0.2) is 8.97 Å². The number of unbranched alkanes of at least 4 members (excludes halogenated alkanes) is 3. The van der Waals surface area contributed by atoms with Crippen molar-refractivity contribution >= 4 is 39.1 Å². The molecular weight excluding hydrogens is 424 g/mol. The SMILES string of the molecule is CCCCCCSc1nnc2n(-c3ccccc3)c(=O)c3c4c(sc3n12)C[C@H](C)CC4. The van der Waals surface area contributed by atoms with Crippen LogP contribution in [0.5, 0.6) is 0 Å². The molecular formula is C24H28N4OS2. The van der Waals surface area contributed by atoms with Crippen LogP contribution < -0.4 is 5.56 Å². The number of nitrogens with zero attached hydrogens (tertiary/aromatic N) is 4. The number of rotatable bonds is 7. The number of aromatic nitrogens is 4. The Kier molecular flexibility index (Phi) is 5.89. The Morgan fingerprint density at radius 1 is 1.16 bits per heavy atom. The molecule has 3 aromatic heterocycles. The molecule has 5 rings (SSSR count). The molecule has 0 saturated carbocycles. The van der Waals surface area contributed by atoms with Gasteiger partial charge in [-0.1, -0.05) is 63.1 Å². The minimum absolute atomic E-state index is 0.0349. The van der Waals surface area contributed by atoms with Crippen LogP contribution in [0.4, 0.5) is 0 Å². The van der Waals surface area contributed by atoms with E-state index in [1.54, 1.807) is 27.7 Å². The number of para-hydroxylation sites is 1. The number of thiophene rings is 1. The number of benzene rings is 1. The molecule has 0 unspecified atom stereocenters. The van der Waals surface area contributed by atoms with Gasteiger partial charge in [0.05, 0.1) is 11.1 Å². The molecule has 1 aliphatic rings. The number of aryl methyl sites for hydroxylation is 1. The third-order valence-corrected chi connectivity index (χ3v) is 8.43. The lowest BCUT2D eigenvalue weighted by molar-refractivity contribution is 0.509. The van der Waals surface area contributed by atoms with Crippen molar-refractivity contribution in [3.8, 4) is 5.69 Å². The molecule has 162 valence electrons. The first-order valence-electron chi connectivity index (χ1n) is 11.3. The van der Waals surface area contributed by atoms with Crippen LogP contribution in [0.15, 0.2) is 40.3 Å². The fourth-order valence-electron chi connectivity index (χ4n) is 4.50. The average Bonchev–Trinajstić information content (AvgIpc) is 3.35. The Labute approximate surface area is 190 Å². The van der Waals surface area contributed by atoms with Crippen LogP contribution >= 0.6 is 23.1 Å². The highest BCUT2D eigenvalue weighted by Gasteiger charge is 2.27. The summed E-state index contributed by atoms with van der Waals surface area (Å²) in [4.78, 5) is 16.2. The van der Waals surface area contributed by atoms with Crippen LogP contribution in [0, 0.1) is 5.92 Å². The topological polar surface area (TPSA) is 52.2 Å². The Morgan fingerprint density at radius 2 is 2.00 bits per heavy atom. The smallest absolute Gasteiger partial charge is 0.268 e. The fraction of sp³-hybridized carbons (Fsp3) is 0.458. The number of hydrogen-bond acceptors (Lipinski definition) is 5. The first-order chi connectivity index (χ1) is 15.2. The highest BCUT2D eigenvalue weighted by atomic mass is 32.2. The van der Waals surface area contributed by atoms with Gasteiger partial charge in [0.15, 0.2) is 5.16 Å². The van der Waals surface area contributed by atoms with Gasteiger partial charge in [0.2, 0.25) is 5.78 Å². The molecule has 0 spiro atoms. The summed E-state index contributed by atoms with van der Waals surface area (Å²) in [6.07, 6.45) is 8.11. The maximum Gasteiger partial charge on any atom is 0.268 e. The van der Waals surface area contributed by atoms with Crippen molar-refractivity contribution in [2.75, 3.05) is 5.75 Å². The van der Waals surface area contributed by atoms with Gasteiger partial charge in [-0.15, -0.1) is 21.5 Å². The van der Waals surface area contributed by atoms with Crippen molar-refractivity contribution in [1.29, 1.82) is 0 Å². The maximum absolute atomic E-state index is 13.8. The van der Waals surface area contributed by atoms with E-state index in [1.165, 1.54) is 36.1 Å². The van der Waals surface area contributed by atoms with E-state index in [0.717, 1.165) is 46.1 Å². The van der Waals surface area contributed by atoms with Crippen LogP contribution in [-0.2, 0) is 12.8 Å². The molecule has 1 aliphatic carbocycles. The second-order valence-electron chi connectivity index (χ2n) is 8.54. The van der Waals surface area contributed by atoms with E-state index in [4.69, 9.17) is 0 Å². The lowest BCUT2D eigenvalue weighted by Crippen LogP contribution is -2.22. The van der Waals surface area contributed by atoms with Crippen LogP contribution in [0.3, 0.4) is 0 Å². The summed E-state index contributed by atoms with van der Waals surface area (Å²) in [5.41, 5.74) is 2.13. The zero-order chi connectivity index (χ0) is 21.4.